The van der Waals surface area contributed by atoms with Crippen LogP contribution < -0.4 is 19.1 Å². The van der Waals surface area contributed by atoms with Gasteiger partial charge in [0.1, 0.15) is 28.5 Å². The molecule has 3 aromatic rings. The molecule has 0 radical (unpaired) electrons. The molecule has 0 aliphatic carbocycles. The Hall–Kier alpha value is -4.51. The summed E-state index contributed by atoms with van der Waals surface area (Å²) in [6.45, 7) is 0.827. The second-order valence-electron chi connectivity index (χ2n) is 13.2. The van der Waals surface area contributed by atoms with E-state index in [9.17, 15) is 36.2 Å². The second-order valence-corrected chi connectivity index (χ2v) is 14.1. The summed E-state index contributed by atoms with van der Waals surface area (Å²) in [5.41, 5.74) is -3.29. The van der Waals surface area contributed by atoms with Crippen molar-refractivity contribution in [2.24, 2.45) is 0 Å². The molecule has 1 N–H and O–H groups in total. The van der Waals surface area contributed by atoms with E-state index in [1.807, 2.05) is 23.1 Å². The summed E-state index contributed by atoms with van der Waals surface area (Å²) >= 11 is 0.389. The van der Waals surface area contributed by atoms with E-state index in [0.29, 0.717) is 55.5 Å². The van der Waals surface area contributed by atoms with Crippen LogP contribution in [-0.4, -0.2) is 95.9 Å². The smallest absolute Gasteiger partial charge is 0.425 e. The molecule has 2 fully saturated rings. The van der Waals surface area contributed by atoms with Crippen molar-refractivity contribution in [3.63, 3.8) is 0 Å². The molecule has 17 heteroatoms. The molecule has 1 aromatic carbocycles. The van der Waals surface area contributed by atoms with Gasteiger partial charge in [0, 0.05) is 56.8 Å². The highest BCUT2D eigenvalue weighted by molar-refractivity contribution is 7.10. The quantitative estimate of drug-likeness (QED) is 0.206. The van der Waals surface area contributed by atoms with Gasteiger partial charge in [-0.1, -0.05) is 24.3 Å². The number of piperidine rings is 1. The number of alkyl halides is 6. The van der Waals surface area contributed by atoms with Gasteiger partial charge >= 0.3 is 12.4 Å². The molecular formula is C37H40F6N4O6S. The molecule has 3 aliphatic heterocycles. The van der Waals surface area contributed by atoms with Crippen molar-refractivity contribution >= 4 is 28.8 Å². The lowest BCUT2D eigenvalue weighted by Crippen LogP contribution is -2.69. The highest BCUT2D eigenvalue weighted by Gasteiger charge is 2.56. The Morgan fingerprint density at radius 2 is 1.78 bits per heavy atom. The first-order valence-electron chi connectivity index (χ1n) is 17.7. The third-order valence-corrected chi connectivity index (χ3v) is 10.7. The van der Waals surface area contributed by atoms with Gasteiger partial charge in [0.2, 0.25) is 11.5 Å². The number of nitrogens with zero attached hydrogens (tertiary/aromatic N) is 4. The Morgan fingerprint density at radius 3 is 2.50 bits per heavy atom. The first-order valence-corrected chi connectivity index (χ1v) is 18.6. The van der Waals surface area contributed by atoms with Crippen LogP contribution in [0.1, 0.15) is 59.3 Å². The first kappa shape index (κ1) is 39.2. The van der Waals surface area contributed by atoms with Crippen LogP contribution in [0.25, 0.3) is 0 Å². The fourth-order valence-electron chi connectivity index (χ4n) is 7.22. The summed E-state index contributed by atoms with van der Waals surface area (Å²) < 4.78 is 103. The summed E-state index contributed by atoms with van der Waals surface area (Å²) in [6.07, 6.45) is -3.44. The van der Waals surface area contributed by atoms with E-state index in [2.05, 4.69) is 4.98 Å². The lowest BCUT2D eigenvalue weighted by molar-refractivity contribution is -0.159. The standard InChI is InChI=1S/C37H40F6N4O6S/c38-36(39,40)26-12-14-44-32-31(26)33(49)47-15-8-13-35(29(47)11-4-2-1-3-7-21-52-32,53-25-23-30(54-24-25)37(41,42)43)34(50)46-18-16-45(17-19-46)27-9-5-6-10-28(27)51-22-20-48/h2,4-6,9-10,12,14,23-24,29,48H,1,3,7-8,11,13,15-22H2/t29-,35+/m1/s1. The van der Waals surface area contributed by atoms with E-state index in [-0.39, 0.29) is 64.5 Å². The van der Waals surface area contributed by atoms with Crippen molar-refractivity contribution < 1.29 is 55.2 Å². The highest BCUT2D eigenvalue weighted by atomic mass is 32.1. The summed E-state index contributed by atoms with van der Waals surface area (Å²) in [5.74, 6) is -1.86. The number of anilines is 1. The number of aliphatic hydroxyl groups is 1. The molecular weight excluding hydrogens is 742 g/mol. The van der Waals surface area contributed by atoms with Crippen LogP contribution in [0.4, 0.5) is 32.0 Å². The first-order chi connectivity index (χ1) is 25.8. The highest BCUT2D eigenvalue weighted by Crippen LogP contribution is 2.44. The summed E-state index contributed by atoms with van der Waals surface area (Å²) in [5, 5.41) is 10.4. The van der Waals surface area contributed by atoms with Gasteiger partial charge in [0.05, 0.1) is 30.5 Å². The number of para-hydroxylation sites is 2. The number of ether oxygens (including phenoxy) is 3. The number of pyridine rings is 1. The van der Waals surface area contributed by atoms with Crippen LogP contribution in [0.5, 0.6) is 17.4 Å². The molecule has 2 atom stereocenters. The second kappa shape index (κ2) is 16.5. The van der Waals surface area contributed by atoms with Gasteiger partial charge in [-0.05, 0) is 50.3 Å². The van der Waals surface area contributed by atoms with Crippen LogP contribution in [-0.2, 0) is 17.1 Å². The zero-order chi connectivity index (χ0) is 38.5. The zero-order valence-electron chi connectivity index (χ0n) is 29.2. The van der Waals surface area contributed by atoms with Gasteiger partial charge in [-0.2, -0.15) is 26.3 Å². The van der Waals surface area contributed by atoms with Crippen molar-refractivity contribution in [1.82, 2.24) is 14.8 Å². The SMILES string of the molecule is O=C1c2c(C(F)(F)F)ccnc2OCCCCC=CC[C@H]2N1CCC[C@@]2(Oc1csc(C(F)(F)F)c1)C(=O)N1CCN(c2ccccc2OCCO)CC1. The molecule has 0 unspecified atom stereocenters. The van der Waals surface area contributed by atoms with Crippen molar-refractivity contribution in [2.45, 2.75) is 62.5 Å². The van der Waals surface area contributed by atoms with E-state index in [1.165, 1.54) is 9.80 Å². The number of hydrogen-bond acceptors (Lipinski definition) is 9. The molecule has 292 valence electrons. The maximum atomic E-state index is 15.0. The van der Waals surface area contributed by atoms with Crippen molar-refractivity contribution in [1.29, 1.82) is 0 Å². The number of rotatable bonds is 7. The van der Waals surface area contributed by atoms with E-state index in [0.717, 1.165) is 23.3 Å². The predicted octanol–water partition coefficient (Wildman–Crippen LogP) is 6.83. The van der Waals surface area contributed by atoms with Crippen LogP contribution in [0.15, 0.2) is 60.1 Å². The Labute approximate surface area is 311 Å². The molecule has 3 aliphatic rings. The number of carbonyl (C=O) groups is 2. The number of piperazine rings is 1. The van der Waals surface area contributed by atoms with Crippen LogP contribution in [0, 0.1) is 0 Å². The molecule has 5 heterocycles. The Balaban J connectivity index is 1.40. The number of aliphatic hydroxyl groups excluding tert-OH is 1. The minimum absolute atomic E-state index is 0.0150. The Bertz CT molecular complexity index is 1810. The summed E-state index contributed by atoms with van der Waals surface area (Å²) in [6, 6.07) is 7.49. The van der Waals surface area contributed by atoms with E-state index in [4.69, 9.17) is 14.2 Å². The Kier molecular flexibility index (Phi) is 12.0. The normalized spacial score (nSPS) is 21.6. The van der Waals surface area contributed by atoms with Gasteiger partial charge in [0.25, 0.3) is 11.8 Å². The van der Waals surface area contributed by atoms with E-state index >= 15 is 4.79 Å². The number of carbonyl (C=O) groups excluding carboxylic acids is 2. The largest absolute Gasteiger partial charge is 0.489 e. The molecule has 0 spiro atoms. The van der Waals surface area contributed by atoms with E-state index in [1.54, 1.807) is 18.2 Å². The van der Waals surface area contributed by atoms with Gasteiger partial charge in [0.15, 0.2) is 0 Å². The molecule has 54 heavy (non-hydrogen) atoms. The van der Waals surface area contributed by atoms with Gasteiger partial charge < -0.3 is 34.0 Å². The van der Waals surface area contributed by atoms with Gasteiger partial charge in [-0.25, -0.2) is 4.98 Å². The van der Waals surface area contributed by atoms with E-state index < -0.39 is 57.7 Å². The predicted molar refractivity (Wildman–Crippen MR) is 187 cm³/mol. The number of allylic oxidation sites excluding steroid dienone is 1. The van der Waals surface area contributed by atoms with Gasteiger partial charge in [-0.3, -0.25) is 9.59 Å². The van der Waals surface area contributed by atoms with Gasteiger partial charge in [-0.15, -0.1) is 11.3 Å². The Morgan fingerprint density at radius 1 is 1.00 bits per heavy atom. The average molecular weight is 783 g/mol. The van der Waals surface area contributed by atoms with Crippen LogP contribution >= 0.6 is 11.3 Å². The monoisotopic (exact) mass is 782 g/mol. The third-order valence-electron chi connectivity index (χ3n) is 9.73. The molecule has 10 nitrogen and oxygen atoms in total. The molecule has 0 bridgehead atoms. The number of halogens is 6. The van der Waals surface area contributed by atoms with Crippen LogP contribution in [0.3, 0.4) is 0 Å². The van der Waals surface area contributed by atoms with Crippen molar-refractivity contribution in [2.75, 3.05) is 57.4 Å². The fourth-order valence-corrected chi connectivity index (χ4v) is 7.90. The average Bonchev–Trinajstić information content (AvgIpc) is 3.64. The lowest BCUT2D eigenvalue weighted by atomic mass is 9.80. The molecule has 6 rings (SSSR count). The number of thiophene rings is 1. The maximum absolute atomic E-state index is 15.0. The molecule has 2 saturated heterocycles. The number of fused-ring (bicyclic) bond motifs is 2. The maximum Gasteiger partial charge on any atom is 0.425 e. The van der Waals surface area contributed by atoms with Crippen molar-refractivity contribution in [3.8, 4) is 17.4 Å². The third kappa shape index (κ3) is 8.41. The molecule has 2 amide bonds. The minimum Gasteiger partial charge on any atom is -0.489 e. The number of amides is 2. The number of aromatic nitrogens is 1. The van der Waals surface area contributed by atoms with Crippen molar-refractivity contribution in [3.05, 3.63) is 76.1 Å². The summed E-state index contributed by atoms with van der Waals surface area (Å²) in [7, 11) is 0. The zero-order valence-corrected chi connectivity index (χ0v) is 30.0. The lowest BCUT2D eigenvalue weighted by Gasteiger charge is -2.50. The number of benzene rings is 1. The minimum atomic E-state index is -4.96. The number of hydrogen-bond donors (Lipinski definition) is 1. The van der Waals surface area contributed by atoms with Crippen LogP contribution in [0.2, 0.25) is 0 Å². The molecule has 0 saturated carbocycles. The summed E-state index contributed by atoms with van der Waals surface area (Å²) in [4.78, 5) is 37.3. The topological polar surface area (TPSA) is 105 Å². The fraction of sp³-hybridized carbons (Fsp3) is 0.486. The molecule has 2 aromatic heterocycles.